The predicted molar refractivity (Wildman–Crippen MR) is 72.5 cm³/mol. The third kappa shape index (κ3) is 3.33. The zero-order valence-electron chi connectivity index (χ0n) is 11.1. The summed E-state index contributed by atoms with van der Waals surface area (Å²) in [5.74, 6) is 0. The molecule has 1 N–H and O–H groups in total. The summed E-state index contributed by atoms with van der Waals surface area (Å²) in [5.41, 5.74) is 0. The summed E-state index contributed by atoms with van der Waals surface area (Å²) >= 11 is 0. The lowest BCUT2D eigenvalue weighted by atomic mass is 10.2. The highest BCUT2D eigenvalue weighted by atomic mass is 15.2. The smallest absolute Gasteiger partial charge is 0.0945 e. The second kappa shape index (κ2) is 5.85. The van der Waals surface area contributed by atoms with Crippen molar-refractivity contribution in [1.82, 2.24) is 19.8 Å². The molecule has 2 heterocycles. The van der Waals surface area contributed by atoms with Gasteiger partial charge in [-0.15, -0.1) is 0 Å². The maximum Gasteiger partial charge on any atom is 0.0945 e. The van der Waals surface area contributed by atoms with E-state index in [0.29, 0.717) is 0 Å². The van der Waals surface area contributed by atoms with Crippen molar-refractivity contribution in [3.8, 4) is 0 Å². The number of imidazole rings is 1. The van der Waals surface area contributed by atoms with Crippen molar-refractivity contribution in [2.24, 2.45) is 0 Å². The Kier molecular flexibility index (Phi) is 3.96. The average molecular weight is 248 g/mol. The normalized spacial score (nSPS) is 24.8. The SMILES string of the molecule is c1cn(CCCCNC2CCN(C3CC3)C2)cn1. The van der Waals surface area contributed by atoms with Crippen LogP contribution in [0.1, 0.15) is 32.1 Å². The van der Waals surface area contributed by atoms with Gasteiger partial charge in [0.2, 0.25) is 0 Å². The van der Waals surface area contributed by atoms with Crippen molar-refractivity contribution in [2.45, 2.75) is 50.7 Å². The van der Waals surface area contributed by atoms with Crippen LogP contribution in [0.3, 0.4) is 0 Å². The Morgan fingerprint density at radius 2 is 2.17 bits per heavy atom. The minimum Gasteiger partial charge on any atom is -0.337 e. The summed E-state index contributed by atoms with van der Waals surface area (Å²) < 4.78 is 2.16. The Bertz CT molecular complexity index is 345. The summed E-state index contributed by atoms with van der Waals surface area (Å²) in [7, 11) is 0. The first-order chi connectivity index (χ1) is 8.92. The maximum atomic E-state index is 4.06. The van der Waals surface area contributed by atoms with E-state index in [9.17, 15) is 0 Å². The van der Waals surface area contributed by atoms with E-state index in [-0.39, 0.29) is 0 Å². The Balaban J connectivity index is 1.24. The molecule has 0 bridgehead atoms. The van der Waals surface area contributed by atoms with E-state index in [4.69, 9.17) is 0 Å². The van der Waals surface area contributed by atoms with Gasteiger partial charge in [-0.3, -0.25) is 4.90 Å². The van der Waals surface area contributed by atoms with Gasteiger partial charge in [0, 0.05) is 44.1 Å². The number of likely N-dealkylation sites (tertiary alicyclic amines) is 1. The molecule has 0 spiro atoms. The number of aromatic nitrogens is 2. The number of hydrogen-bond donors (Lipinski definition) is 1. The predicted octanol–water partition coefficient (Wildman–Crippen LogP) is 1.49. The quantitative estimate of drug-likeness (QED) is 0.742. The molecule has 1 saturated heterocycles. The van der Waals surface area contributed by atoms with Crippen molar-refractivity contribution in [2.75, 3.05) is 19.6 Å². The monoisotopic (exact) mass is 248 g/mol. The first-order valence-electron chi connectivity index (χ1n) is 7.35. The number of nitrogens with one attached hydrogen (secondary N) is 1. The summed E-state index contributed by atoms with van der Waals surface area (Å²) in [5, 5.41) is 3.71. The highest BCUT2D eigenvalue weighted by Gasteiger charge is 2.33. The van der Waals surface area contributed by atoms with Crippen LogP contribution < -0.4 is 5.32 Å². The Hall–Kier alpha value is -0.870. The van der Waals surface area contributed by atoms with Gasteiger partial charge in [-0.2, -0.15) is 0 Å². The Labute approximate surface area is 109 Å². The number of aryl methyl sites for hydroxylation is 1. The zero-order valence-corrected chi connectivity index (χ0v) is 11.1. The second-order valence-electron chi connectivity index (χ2n) is 5.67. The first-order valence-corrected chi connectivity index (χ1v) is 7.35. The molecular weight excluding hydrogens is 224 g/mol. The van der Waals surface area contributed by atoms with Gasteiger partial charge < -0.3 is 9.88 Å². The molecule has 4 heteroatoms. The molecule has 4 nitrogen and oxygen atoms in total. The topological polar surface area (TPSA) is 33.1 Å². The van der Waals surface area contributed by atoms with Crippen LogP contribution in [0.4, 0.5) is 0 Å². The fraction of sp³-hybridized carbons (Fsp3) is 0.786. The van der Waals surface area contributed by atoms with Crippen LogP contribution in [-0.4, -0.2) is 46.2 Å². The lowest BCUT2D eigenvalue weighted by Gasteiger charge is -2.15. The molecule has 0 radical (unpaired) electrons. The molecule has 1 aromatic heterocycles. The van der Waals surface area contributed by atoms with E-state index in [1.165, 1.54) is 45.2 Å². The number of nitrogens with zero attached hydrogens (tertiary/aromatic N) is 3. The molecule has 1 aromatic rings. The van der Waals surface area contributed by atoms with E-state index in [1.807, 2.05) is 18.7 Å². The van der Waals surface area contributed by atoms with Crippen molar-refractivity contribution < 1.29 is 0 Å². The molecule has 0 aromatic carbocycles. The summed E-state index contributed by atoms with van der Waals surface area (Å²) in [4.78, 5) is 6.73. The summed E-state index contributed by atoms with van der Waals surface area (Å²) in [6, 6.07) is 1.69. The Morgan fingerprint density at radius 3 is 2.94 bits per heavy atom. The molecule has 1 atom stereocenters. The molecule has 2 aliphatic rings. The van der Waals surface area contributed by atoms with Crippen LogP contribution in [0.25, 0.3) is 0 Å². The third-order valence-corrected chi connectivity index (χ3v) is 4.12. The van der Waals surface area contributed by atoms with E-state index >= 15 is 0 Å². The maximum absolute atomic E-state index is 4.06. The van der Waals surface area contributed by atoms with Gasteiger partial charge in [-0.25, -0.2) is 4.98 Å². The van der Waals surface area contributed by atoms with Gasteiger partial charge in [-0.05, 0) is 38.6 Å². The van der Waals surface area contributed by atoms with Crippen molar-refractivity contribution in [3.63, 3.8) is 0 Å². The van der Waals surface area contributed by atoms with Crippen LogP contribution in [0, 0.1) is 0 Å². The van der Waals surface area contributed by atoms with Gasteiger partial charge in [0.05, 0.1) is 6.33 Å². The summed E-state index contributed by atoms with van der Waals surface area (Å²) in [6.45, 7) is 4.86. The standard InChI is InChI=1S/C14H24N4/c1(2-8-17-10-7-15-12-17)6-16-13-5-9-18(11-13)14-3-4-14/h7,10,12-14,16H,1-6,8-9,11H2. The summed E-state index contributed by atoms with van der Waals surface area (Å²) in [6.07, 6.45) is 12.5. The fourth-order valence-corrected chi connectivity index (χ4v) is 2.87. The van der Waals surface area contributed by atoms with E-state index in [1.54, 1.807) is 0 Å². The minimum absolute atomic E-state index is 0.749. The number of hydrogen-bond acceptors (Lipinski definition) is 3. The molecule has 100 valence electrons. The largest absolute Gasteiger partial charge is 0.337 e. The zero-order chi connectivity index (χ0) is 12.2. The van der Waals surface area contributed by atoms with E-state index in [0.717, 1.165) is 25.2 Å². The minimum atomic E-state index is 0.749. The van der Waals surface area contributed by atoms with E-state index in [2.05, 4.69) is 19.8 Å². The van der Waals surface area contributed by atoms with Crippen molar-refractivity contribution >= 4 is 0 Å². The van der Waals surface area contributed by atoms with Crippen molar-refractivity contribution in [3.05, 3.63) is 18.7 Å². The highest BCUT2D eigenvalue weighted by Crippen LogP contribution is 2.29. The fourth-order valence-electron chi connectivity index (χ4n) is 2.87. The molecule has 1 aliphatic heterocycles. The van der Waals surface area contributed by atoms with Crippen LogP contribution >= 0.6 is 0 Å². The first kappa shape index (κ1) is 12.2. The van der Waals surface area contributed by atoms with Gasteiger partial charge in [0.25, 0.3) is 0 Å². The number of rotatable bonds is 7. The lowest BCUT2D eigenvalue weighted by molar-refractivity contribution is 0.317. The third-order valence-electron chi connectivity index (χ3n) is 4.12. The van der Waals surface area contributed by atoms with E-state index < -0.39 is 0 Å². The van der Waals surface area contributed by atoms with Gasteiger partial charge >= 0.3 is 0 Å². The molecule has 18 heavy (non-hydrogen) atoms. The molecule has 0 amide bonds. The number of unbranched alkanes of at least 4 members (excludes halogenated alkanes) is 1. The second-order valence-corrected chi connectivity index (χ2v) is 5.67. The molecule has 2 fully saturated rings. The molecule has 1 saturated carbocycles. The van der Waals surface area contributed by atoms with Crippen LogP contribution in [0.15, 0.2) is 18.7 Å². The average Bonchev–Trinajstić information content (AvgIpc) is 2.92. The van der Waals surface area contributed by atoms with Crippen molar-refractivity contribution in [1.29, 1.82) is 0 Å². The van der Waals surface area contributed by atoms with Gasteiger partial charge in [0.15, 0.2) is 0 Å². The molecule has 3 rings (SSSR count). The van der Waals surface area contributed by atoms with Crippen LogP contribution in [0.2, 0.25) is 0 Å². The molecule has 1 unspecified atom stereocenters. The molecular formula is C14H24N4. The Morgan fingerprint density at radius 1 is 1.22 bits per heavy atom. The van der Waals surface area contributed by atoms with Gasteiger partial charge in [-0.1, -0.05) is 0 Å². The van der Waals surface area contributed by atoms with Crippen LogP contribution in [0.5, 0.6) is 0 Å². The highest BCUT2D eigenvalue weighted by molar-refractivity contribution is 4.91. The molecule has 1 aliphatic carbocycles. The lowest BCUT2D eigenvalue weighted by Crippen LogP contribution is -2.33. The van der Waals surface area contributed by atoms with Gasteiger partial charge in [0.1, 0.15) is 0 Å². The van der Waals surface area contributed by atoms with Crippen LogP contribution in [-0.2, 0) is 6.54 Å².